The SMILES string of the molecule is Cn1cc(C(=O)NCC2CCN(C(=O)c3cccc(S(=O)(=O)NC4CC4)c3)CC2)cn1. The van der Waals surface area contributed by atoms with Crippen LogP contribution in [0.3, 0.4) is 0 Å². The normalized spacial score (nSPS) is 17.5. The number of likely N-dealkylation sites (tertiary alicyclic amines) is 1. The Kier molecular flexibility index (Phi) is 6.10. The molecule has 0 atom stereocenters. The van der Waals surface area contributed by atoms with Crippen LogP contribution in [0.2, 0.25) is 0 Å². The summed E-state index contributed by atoms with van der Waals surface area (Å²) in [4.78, 5) is 26.9. The van der Waals surface area contributed by atoms with Gasteiger partial charge in [0.15, 0.2) is 0 Å². The summed E-state index contributed by atoms with van der Waals surface area (Å²) in [6.07, 6.45) is 6.47. The third-order valence-electron chi connectivity index (χ3n) is 5.71. The summed E-state index contributed by atoms with van der Waals surface area (Å²) < 4.78 is 29.1. The summed E-state index contributed by atoms with van der Waals surface area (Å²) >= 11 is 0. The second-order valence-electron chi connectivity index (χ2n) is 8.27. The van der Waals surface area contributed by atoms with E-state index in [1.165, 1.54) is 18.3 Å². The number of aryl methyl sites for hydroxylation is 1. The van der Waals surface area contributed by atoms with Crippen LogP contribution in [0.5, 0.6) is 0 Å². The van der Waals surface area contributed by atoms with Gasteiger partial charge in [-0.25, -0.2) is 13.1 Å². The van der Waals surface area contributed by atoms with E-state index < -0.39 is 10.0 Å². The minimum Gasteiger partial charge on any atom is -0.352 e. The maximum Gasteiger partial charge on any atom is 0.254 e. The van der Waals surface area contributed by atoms with E-state index in [0.717, 1.165) is 25.7 Å². The molecule has 1 aromatic heterocycles. The summed E-state index contributed by atoms with van der Waals surface area (Å²) in [5.74, 6) is -0.0233. The number of amides is 2. The van der Waals surface area contributed by atoms with Crippen LogP contribution in [0, 0.1) is 5.92 Å². The molecule has 4 rings (SSSR count). The average molecular weight is 446 g/mol. The van der Waals surface area contributed by atoms with Gasteiger partial charge in [-0.05, 0) is 49.8 Å². The monoisotopic (exact) mass is 445 g/mol. The molecule has 2 aromatic rings. The van der Waals surface area contributed by atoms with Gasteiger partial charge in [-0.3, -0.25) is 14.3 Å². The zero-order valence-electron chi connectivity index (χ0n) is 17.5. The van der Waals surface area contributed by atoms with Crippen molar-refractivity contribution in [3.8, 4) is 0 Å². The predicted octanol–water partition coefficient (Wildman–Crippen LogP) is 1.14. The highest BCUT2D eigenvalue weighted by atomic mass is 32.2. The first-order chi connectivity index (χ1) is 14.8. The molecule has 0 radical (unpaired) electrons. The van der Waals surface area contributed by atoms with Gasteiger partial charge >= 0.3 is 0 Å². The van der Waals surface area contributed by atoms with Crippen molar-refractivity contribution in [2.75, 3.05) is 19.6 Å². The minimum absolute atomic E-state index is 0.0158. The Morgan fingerprint density at radius 1 is 1.13 bits per heavy atom. The molecule has 0 unspecified atom stereocenters. The highest BCUT2D eigenvalue weighted by Gasteiger charge is 2.29. The van der Waals surface area contributed by atoms with Gasteiger partial charge in [-0.15, -0.1) is 0 Å². The van der Waals surface area contributed by atoms with E-state index in [0.29, 0.717) is 36.7 Å². The summed E-state index contributed by atoms with van der Waals surface area (Å²) in [6.45, 7) is 1.70. The predicted molar refractivity (Wildman–Crippen MR) is 114 cm³/mol. The molecule has 2 amide bonds. The molecule has 2 fully saturated rings. The number of carbonyl (C=O) groups excluding carboxylic acids is 2. The van der Waals surface area contributed by atoms with Crippen LogP contribution in [0.1, 0.15) is 46.4 Å². The number of benzene rings is 1. The number of hydrogen-bond acceptors (Lipinski definition) is 5. The molecule has 1 aliphatic heterocycles. The molecule has 1 saturated heterocycles. The molecule has 166 valence electrons. The van der Waals surface area contributed by atoms with Crippen molar-refractivity contribution in [1.82, 2.24) is 24.7 Å². The molecule has 1 aromatic carbocycles. The Balaban J connectivity index is 1.30. The van der Waals surface area contributed by atoms with Crippen LogP contribution in [0.4, 0.5) is 0 Å². The van der Waals surface area contributed by atoms with Gasteiger partial charge < -0.3 is 10.2 Å². The van der Waals surface area contributed by atoms with Crippen LogP contribution in [-0.4, -0.2) is 60.6 Å². The number of nitrogens with one attached hydrogen (secondary N) is 2. The van der Waals surface area contributed by atoms with Crippen molar-refractivity contribution in [2.45, 2.75) is 36.6 Å². The number of sulfonamides is 1. The maximum atomic E-state index is 12.9. The van der Waals surface area contributed by atoms with E-state index in [-0.39, 0.29) is 22.8 Å². The minimum atomic E-state index is -3.60. The van der Waals surface area contributed by atoms with Gasteiger partial charge in [0, 0.05) is 44.5 Å². The number of hydrogen-bond donors (Lipinski definition) is 2. The fourth-order valence-corrected chi connectivity index (χ4v) is 5.04. The maximum absolute atomic E-state index is 12.9. The van der Waals surface area contributed by atoms with Gasteiger partial charge in [0.2, 0.25) is 10.0 Å². The zero-order chi connectivity index (χ0) is 22.0. The van der Waals surface area contributed by atoms with Gasteiger partial charge in [0.05, 0.1) is 16.7 Å². The topological polar surface area (TPSA) is 113 Å². The van der Waals surface area contributed by atoms with Crippen molar-refractivity contribution in [2.24, 2.45) is 13.0 Å². The summed E-state index contributed by atoms with van der Waals surface area (Å²) in [5, 5.41) is 6.93. The molecule has 0 bridgehead atoms. The second kappa shape index (κ2) is 8.80. The Labute approximate surface area is 181 Å². The first-order valence-electron chi connectivity index (χ1n) is 10.5. The van der Waals surface area contributed by atoms with Crippen LogP contribution >= 0.6 is 0 Å². The molecule has 9 nitrogen and oxygen atoms in total. The molecule has 1 saturated carbocycles. The largest absolute Gasteiger partial charge is 0.352 e. The van der Waals surface area contributed by atoms with Gasteiger partial charge in [-0.1, -0.05) is 6.07 Å². The number of carbonyl (C=O) groups is 2. The van der Waals surface area contributed by atoms with Crippen LogP contribution in [0.15, 0.2) is 41.6 Å². The fourth-order valence-electron chi connectivity index (χ4n) is 3.69. The van der Waals surface area contributed by atoms with E-state index in [4.69, 9.17) is 0 Å². The molecule has 0 spiro atoms. The fraction of sp³-hybridized carbons (Fsp3) is 0.476. The Morgan fingerprint density at radius 2 is 1.87 bits per heavy atom. The number of nitrogens with zero attached hydrogens (tertiary/aromatic N) is 3. The quantitative estimate of drug-likeness (QED) is 0.664. The molecule has 1 aliphatic carbocycles. The highest BCUT2D eigenvalue weighted by molar-refractivity contribution is 7.89. The lowest BCUT2D eigenvalue weighted by atomic mass is 9.96. The van der Waals surface area contributed by atoms with E-state index in [1.807, 2.05) is 0 Å². The second-order valence-corrected chi connectivity index (χ2v) is 9.99. The van der Waals surface area contributed by atoms with Gasteiger partial charge in [-0.2, -0.15) is 5.10 Å². The van der Waals surface area contributed by atoms with Crippen molar-refractivity contribution in [1.29, 1.82) is 0 Å². The van der Waals surface area contributed by atoms with E-state index >= 15 is 0 Å². The molecule has 31 heavy (non-hydrogen) atoms. The van der Waals surface area contributed by atoms with Gasteiger partial charge in [0.1, 0.15) is 0 Å². The van der Waals surface area contributed by atoms with Crippen molar-refractivity contribution in [3.63, 3.8) is 0 Å². The standard InChI is InChI=1S/C21H27N5O4S/c1-25-14-17(13-23-25)20(27)22-12-15-7-9-26(10-8-15)21(28)16-3-2-4-19(11-16)31(29,30)24-18-5-6-18/h2-4,11,13-15,18,24H,5-10,12H2,1H3,(H,22,27). The molecular formula is C21H27N5O4S. The average Bonchev–Trinajstić information content (AvgIpc) is 3.47. The van der Waals surface area contributed by atoms with E-state index in [9.17, 15) is 18.0 Å². The number of rotatable bonds is 7. The van der Waals surface area contributed by atoms with Crippen molar-refractivity contribution in [3.05, 3.63) is 47.8 Å². The summed E-state index contributed by atoms with van der Waals surface area (Å²) in [7, 11) is -1.83. The first-order valence-corrected chi connectivity index (χ1v) is 12.0. The van der Waals surface area contributed by atoms with E-state index in [1.54, 1.807) is 35.0 Å². The molecule has 10 heteroatoms. The molecular weight excluding hydrogens is 418 g/mol. The first kappa shape index (κ1) is 21.5. The van der Waals surface area contributed by atoms with Crippen molar-refractivity contribution < 1.29 is 18.0 Å². The van der Waals surface area contributed by atoms with Gasteiger partial charge in [0.25, 0.3) is 11.8 Å². The van der Waals surface area contributed by atoms with Crippen LogP contribution < -0.4 is 10.0 Å². The molecule has 2 aliphatic rings. The third kappa shape index (κ3) is 5.31. The summed E-state index contributed by atoms with van der Waals surface area (Å²) in [5.41, 5.74) is 0.906. The lowest BCUT2D eigenvalue weighted by Crippen LogP contribution is -2.41. The molecule has 2 N–H and O–H groups in total. The zero-order valence-corrected chi connectivity index (χ0v) is 18.3. The number of aromatic nitrogens is 2. The Bertz CT molecular complexity index is 1070. The number of piperidine rings is 1. The lowest BCUT2D eigenvalue weighted by Gasteiger charge is -2.32. The summed E-state index contributed by atoms with van der Waals surface area (Å²) in [6, 6.07) is 6.24. The Morgan fingerprint density at radius 3 is 2.52 bits per heavy atom. The third-order valence-corrected chi connectivity index (χ3v) is 7.23. The lowest BCUT2D eigenvalue weighted by molar-refractivity contribution is 0.0684. The van der Waals surface area contributed by atoms with Crippen molar-refractivity contribution >= 4 is 21.8 Å². The van der Waals surface area contributed by atoms with Crippen LogP contribution in [0.25, 0.3) is 0 Å². The smallest absolute Gasteiger partial charge is 0.254 e. The van der Waals surface area contributed by atoms with Crippen LogP contribution in [-0.2, 0) is 17.1 Å². The highest BCUT2D eigenvalue weighted by Crippen LogP contribution is 2.23. The Hall–Kier alpha value is -2.72. The molecule has 2 heterocycles. The van der Waals surface area contributed by atoms with E-state index in [2.05, 4.69) is 15.1 Å².